The Bertz CT molecular complexity index is 1540. The lowest BCUT2D eigenvalue weighted by atomic mass is 9.71. The number of aryl methyl sites for hydroxylation is 2. The number of nitrogen functional groups attached to an aromatic ring is 1. The predicted octanol–water partition coefficient (Wildman–Crippen LogP) is 7.65. The quantitative estimate of drug-likeness (QED) is 0.291. The molecule has 4 rings (SSSR count). The molecule has 5 nitrogen and oxygen atoms in total. The lowest BCUT2D eigenvalue weighted by Crippen LogP contribution is -2.31. The summed E-state index contributed by atoms with van der Waals surface area (Å²) in [7, 11) is -3.99. The van der Waals surface area contributed by atoms with Crippen molar-refractivity contribution in [3.63, 3.8) is 0 Å². The van der Waals surface area contributed by atoms with E-state index in [2.05, 4.69) is 44.3 Å². The number of nitrogens with zero attached hydrogens (tertiary/aromatic N) is 1. The predicted molar refractivity (Wildman–Crippen MR) is 160 cm³/mol. The van der Waals surface area contributed by atoms with Gasteiger partial charge >= 0.3 is 6.18 Å². The molecule has 3 aromatic rings. The Morgan fingerprint density at radius 2 is 1.73 bits per heavy atom. The molecule has 0 saturated heterocycles. The zero-order valence-electron chi connectivity index (χ0n) is 24.6. The smallest absolute Gasteiger partial charge is 0.397 e. The lowest BCUT2D eigenvalue weighted by molar-refractivity contribution is -0.137. The summed E-state index contributed by atoms with van der Waals surface area (Å²) in [5.41, 5.74) is 12.4. The molecule has 3 aromatic carbocycles. The van der Waals surface area contributed by atoms with Gasteiger partial charge < -0.3 is 11.1 Å². The molecule has 222 valence electrons. The molecule has 0 fully saturated rings. The van der Waals surface area contributed by atoms with Crippen LogP contribution in [-0.4, -0.2) is 25.8 Å². The molecule has 1 atom stereocenters. The van der Waals surface area contributed by atoms with Crippen molar-refractivity contribution < 1.29 is 21.6 Å². The molecule has 0 spiro atoms. The molecule has 0 aromatic heterocycles. The van der Waals surface area contributed by atoms with Crippen molar-refractivity contribution in [2.75, 3.05) is 24.1 Å². The van der Waals surface area contributed by atoms with Crippen LogP contribution in [0.1, 0.15) is 79.0 Å². The van der Waals surface area contributed by atoms with Gasteiger partial charge in [-0.2, -0.15) is 17.5 Å². The van der Waals surface area contributed by atoms with Crippen molar-refractivity contribution >= 4 is 21.4 Å². The fraction of sp³-hybridized carbons (Fsp3) is 0.438. The molecule has 0 saturated carbocycles. The zero-order chi connectivity index (χ0) is 30.3. The average Bonchev–Trinajstić information content (AvgIpc) is 2.99. The normalized spacial score (nSPS) is 16.6. The van der Waals surface area contributed by atoms with E-state index in [1.807, 2.05) is 32.9 Å². The Morgan fingerprint density at radius 3 is 2.37 bits per heavy atom. The van der Waals surface area contributed by atoms with Gasteiger partial charge in [0.2, 0.25) is 10.0 Å². The molecule has 1 aliphatic rings. The minimum absolute atomic E-state index is 0.0120. The molecular weight excluding hydrogens is 547 g/mol. The number of hydrogen-bond acceptors (Lipinski definition) is 4. The van der Waals surface area contributed by atoms with Gasteiger partial charge in [0.25, 0.3) is 0 Å². The summed E-state index contributed by atoms with van der Waals surface area (Å²) in [6.07, 6.45) is -3.82. The number of benzene rings is 3. The summed E-state index contributed by atoms with van der Waals surface area (Å²) >= 11 is 0. The summed E-state index contributed by atoms with van der Waals surface area (Å²) in [6, 6.07) is 13.3. The van der Waals surface area contributed by atoms with Crippen LogP contribution in [0.4, 0.5) is 24.5 Å². The maximum Gasteiger partial charge on any atom is 0.416 e. The van der Waals surface area contributed by atoms with E-state index >= 15 is 0 Å². The van der Waals surface area contributed by atoms with Gasteiger partial charge in [0.05, 0.1) is 21.8 Å². The zero-order valence-corrected chi connectivity index (χ0v) is 25.4. The van der Waals surface area contributed by atoms with Crippen LogP contribution >= 0.6 is 0 Å². The van der Waals surface area contributed by atoms with Gasteiger partial charge in [-0.05, 0) is 96.7 Å². The van der Waals surface area contributed by atoms with Crippen LogP contribution in [0.2, 0.25) is 0 Å². The van der Waals surface area contributed by atoms with Gasteiger partial charge in [-0.15, -0.1) is 0 Å². The monoisotopic (exact) mass is 587 g/mol. The fourth-order valence-corrected chi connectivity index (χ4v) is 7.54. The van der Waals surface area contributed by atoms with Crippen molar-refractivity contribution in [3.8, 4) is 0 Å². The van der Waals surface area contributed by atoms with Crippen LogP contribution in [0.25, 0.3) is 0 Å². The minimum Gasteiger partial charge on any atom is -0.397 e. The van der Waals surface area contributed by atoms with Gasteiger partial charge in [-0.25, -0.2) is 8.42 Å². The van der Waals surface area contributed by atoms with E-state index in [1.165, 1.54) is 4.31 Å². The second kappa shape index (κ2) is 11.3. The Hall–Kier alpha value is -3.04. The first-order valence-electron chi connectivity index (χ1n) is 14.0. The second-order valence-corrected chi connectivity index (χ2v) is 13.9. The maximum absolute atomic E-state index is 13.7. The van der Waals surface area contributed by atoms with E-state index in [9.17, 15) is 21.6 Å². The molecular formula is C32H40F3N3O2S. The van der Waals surface area contributed by atoms with Crippen molar-refractivity contribution in [1.82, 2.24) is 4.31 Å². The van der Waals surface area contributed by atoms with Gasteiger partial charge in [0.15, 0.2) is 0 Å². The molecule has 0 unspecified atom stereocenters. The highest BCUT2D eigenvalue weighted by atomic mass is 32.2. The van der Waals surface area contributed by atoms with Crippen LogP contribution in [0.5, 0.6) is 0 Å². The molecule has 0 bridgehead atoms. The third-order valence-corrected chi connectivity index (χ3v) is 9.96. The largest absolute Gasteiger partial charge is 0.416 e. The topological polar surface area (TPSA) is 75.4 Å². The van der Waals surface area contributed by atoms with Crippen LogP contribution in [0.15, 0.2) is 53.4 Å². The van der Waals surface area contributed by atoms with Crippen molar-refractivity contribution in [2.24, 2.45) is 5.41 Å². The lowest BCUT2D eigenvalue weighted by Gasteiger charge is -2.34. The Balaban J connectivity index is 1.74. The molecule has 0 aliphatic carbocycles. The Labute approximate surface area is 242 Å². The van der Waals surface area contributed by atoms with E-state index in [0.717, 1.165) is 58.2 Å². The maximum atomic E-state index is 13.7. The van der Waals surface area contributed by atoms with E-state index in [0.29, 0.717) is 12.1 Å². The van der Waals surface area contributed by atoms with Gasteiger partial charge in [-0.3, -0.25) is 0 Å². The number of fused-ring (bicyclic) bond motifs is 1. The van der Waals surface area contributed by atoms with E-state index in [1.54, 1.807) is 0 Å². The van der Waals surface area contributed by atoms with E-state index in [-0.39, 0.29) is 41.3 Å². The van der Waals surface area contributed by atoms with Crippen LogP contribution < -0.4 is 11.1 Å². The Morgan fingerprint density at radius 1 is 1.02 bits per heavy atom. The van der Waals surface area contributed by atoms with E-state index in [4.69, 9.17) is 5.73 Å². The van der Waals surface area contributed by atoms with Crippen molar-refractivity contribution in [2.45, 2.75) is 77.9 Å². The summed E-state index contributed by atoms with van der Waals surface area (Å²) in [5, 5.41) is 3.31. The fourth-order valence-electron chi connectivity index (χ4n) is 5.85. The molecule has 41 heavy (non-hydrogen) atoms. The molecule has 0 amide bonds. The number of hydrogen-bond donors (Lipinski definition) is 2. The van der Waals surface area contributed by atoms with Crippen molar-refractivity contribution in [1.29, 1.82) is 0 Å². The molecule has 1 heterocycles. The number of anilines is 2. The highest BCUT2D eigenvalue weighted by Gasteiger charge is 2.35. The number of sulfonamides is 1. The standard InChI is InChI=1S/C32H40F3N3O2S/c1-7-37-27-14-13-26(21(3)30(27)36)29(31(4,5)6)23-11-10-20(2)24(17-23)19-38-16-8-9-22-18-25(32(33,34)35)12-15-28(22)41(38,39)40/h10-15,17-18,29,37H,7-9,16,19,36H2,1-6H3/t29-/m0/s1. The summed E-state index contributed by atoms with van der Waals surface area (Å²) in [5.74, 6) is -0.0120. The average molecular weight is 588 g/mol. The minimum atomic E-state index is -4.53. The highest BCUT2D eigenvalue weighted by Crippen LogP contribution is 2.44. The van der Waals surface area contributed by atoms with E-state index < -0.39 is 21.8 Å². The van der Waals surface area contributed by atoms with Crippen LogP contribution in [-0.2, 0) is 29.2 Å². The van der Waals surface area contributed by atoms with Gasteiger partial charge in [0, 0.05) is 25.6 Å². The molecule has 9 heteroatoms. The first-order valence-corrected chi connectivity index (χ1v) is 15.4. The number of nitrogens with one attached hydrogen (secondary N) is 1. The SMILES string of the molecule is CCNc1ccc([C@H](c2ccc(C)c(CN3CCCc4cc(C(F)(F)F)ccc4S3(=O)=O)c2)C(C)(C)C)c(C)c1N. The molecule has 0 radical (unpaired) electrons. The second-order valence-electron chi connectivity index (χ2n) is 12.0. The molecule has 1 aliphatic heterocycles. The van der Waals surface area contributed by atoms with Crippen molar-refractivity contribution in [3.05, 3.63) is 87.5 Å². The molecule has 3 N–H and O–H groups in total. The van der Waals surface area contributed by atoms with Crippen LogP contribution in [0.3, 0.4) is 0 Å². The summed E-state index contributed by atoms with van der Waals surface area (Å²) in [4.78, 5) is -0.0451. The summed E-state index contributed by atoms with van der Waals surface area (Å²) < 4.78 is 68.7. The summed E-state index contributed by atoms with van der Waals surface area (Å²) in [6.45, 7) is 13.7. The van der Waals surface area contributed by atoms with Gasteiger partial charge in [-0.1, -0.05) is 45.0 Å². The van der Waals surface area contributed by atoms with Crippen LogP contribution in [0, 0.1) is 19.3 Å². The number of halogens is 3. The first kappa shape index (κ1) is 30.9. The first-order chi connectivity index (χ1) is 19.1. The Kier molecular flexibility index (Phi) is 8.54. The number of alkyl halides is 3. The number of nitrogens with two attached hydrogens (primary N) is 1. The third kappa shape index (κ3) is 6.26. The number of rotatable bonds is 6. The van der Waals surface area contributed by atoms with Gasteiger partial charge in [0.1, 0.15) is 0 Å². The third-order valence-electron chi connectivity index (χ3n) is 8.01. The highest BCUT2D eigenvalue weighted by molar-refractivity contribution is 7.89.